The monoisotopic (exact) mass is 676 g/mol. The van der Waals surface area contributed by atoms with E-state index in [1.165, 1.54) is 96.3 Å². The van der Waals surface area contributed by atoms with Gasteiger partial charge in [0.15, 0.2) is 6.10 Å². The predicted molar refractivity (Wildman–Crippen MR) is 196 cm³/mol. The molecule has 0 saturated carbocycles. The van der Waals surface area contributed by atoms with Crippen LogP contribution in [-0.4, -0.2) is 80.2 Å². The first kappa shape index (κ1) is 44.7. The van der Waals surface area contributed by atoms with E-state index in [0.29, 0.717) is 29.2 Å². The standard InChI is InChI=1S/C36H77NO6Si2/c1-11-12-13-14-15-16-17-18-19-20-21-22-23-24-25-26-28-37(29-27-30-44(40-8,41-9)42-10)31-35(36(38)39)43-45(32(2)3,33(4)5)34(6)7/h32-35H,11-31H2,1-10H3,(H,38,39). The van der Waals surface area contributed by atoms with Crippen LogP contribution >= 0.6 is 0 Å². The average Bonchev–Trinajstić information content (AvgIpc) is 3.00. The first-order valence-electron chi connectivity index (χ1n) is 18.7. The van der Waals surface area contributed by atoms with Crippen LogP contribution in [0.1, 0.15) is 158 Å². The zero-order chi connectivity index (χ0) is 34.1. The third-order valence-electron chi connectivity index (χ3n) is 9.97. The normalized spacial score (nSPS) is 13.6. The highest BCUT2D eigenvalue weighted by atomic mass is 28.4. The fourth-order valence-electron chi connectivity index (χ4n) is 7.31. The quantitative estimate of drug-likeness (QED) is 0.0561. The highest BCUT2D eigenvalue weighted by molar-refractivity contribution is 6.77. The lowest BCUT2D eigenvalue weighted by molar-refractivity contribution is -0.146. The summed E-state index contributed by atoms with van der Waals surface area (Å²) in [6.07, 6.45) is 21.5. The second-order valence-electron chi connectivity index (χ2n) is 14.3. The molecule has 0 aromatic rings. The number of hydrogen-bond donors (Lipinski definition) is 1. The average molecular weight is 676 g/mol. The van der Waals surface area contributed by atoms with Crippen LogP contribution in [0.5, 0.6) is 0 Å². The van der Waals surface area contributed by atoms with Gasteiger partial charge in [0.25, 0.3) is 0 Å². The van der Waals surface area contributed by atoms with Gasteiger partial charge in [-0.25, -0.2) is 4.79 Å². The summed E-state index contributed by atoms with van der Waals surface area (Å²) in [7, 11) is -0.0631. The van der Waals surface area contributed by atoms with E-state index in [1.807, 2.05) is 0 Å². The molecule has 0 bridgehead atoms. The van der Waals surface area contributed by atoms with Crippen LogP contribution in [0.25, 0.3) is 0 Å². The third kappa shape index (κ3) is 18.2. The maximum atomic E-state index is 12.6. The number of aliphatic carboxylic acids is 1. The predicted octanol–water partition coefficient (Wildman–Crippen LogP) is 10.5. The molecular weight excluding hydrogens is 599 g/mol. The Morgan fingerprint density at radius 1 is 0.600 bits per heavy atom. The van der Waals surface area contributed by atoms with Crippen LogP contribution in [0, 0.1) is 0 Å². The van der Waals surface area contributed by atoms with Crippen molar-refractivity contribution in [3.05, 3.63) is 0 Å². The number of nitrogens with zero attached hydrogens (tertiary/aromatic N) is 1. The van der Waals surface area contributed by atoms with Gasteiger partial charge < -0.3 is 27.7 Å². The van der Waals surface area contributed by atoms with Crippen molar-refractivity contribution in [1.82, 2.24) is 4.90 Å². The molecule has 45 heavy (non-hydrogen) atoms. The van der Waals surface area contributed by atoms with Gasteiger partial charge in [0.1, 0.15) is 0 Å². The van der Waals surface area contributed by atoms with Crippen LogP contribution in [0.4, 0.5) is 0 Å². The number of unbranched alkanes of at least 4 members (excludes halogenated alkanes) is 15. The fraction of sp³-hybridized carbons (Fsp3) is 0.972. The molecule has 0 radical (unpaired) electrons. The summed E-state index contributed by atoms with van der Waals surface area (Å²) in [6.45, 7) is 17.6. The summed E-state index contributed by atoms with van der Waals surface area (Å²) in [5, 5.41) is 10.3. The van der Waals surface area contributed by atoms with E-state index in [0.717, 1.165) is 25.9 Å². The van der Waals surface area contributed by atoms with E-state index < -0.39 is 29.2 Å². The maximum absolute atomic E-state index is 12.6. The topological polar surface area (TPSA) is 77.5 Å². The van der Waals surface area contributed by atoms with Crippen molar-refractivity contribution in [3.8, 4) is 0 Å². The van der Waals surface area contributed by atoms with E-state index in [4.69, 9.17) is 17.7 Å². The minimum absolute atomic E-state index is 0.338. The Hall–Kier alpha value is -0.296. The van der Waals surface area contributed by atoms with Crippen molar-refractivity contribution in [3.63, 3.8) is 0 Å². The Bertz CT molecular complexity index is 675. The molecule has 1 unspecified atom stereocenters. The summed E-state index contributed by atoms with van der Waals surface area (Å²) in [5.74, 6) is -0.847. The van der Waals surface area contributed by atoms with Gasteiger partial charge in [-0.2, -0.15) is 0 Å². The Labute approximate surface area is 282 Å². The van der Waals surface area contributed by atoms with Crippen LogP contribution in [0.3, 0.4) is 0 Å². The number of carbonyl (C=O) groups is 1. The second-order valence-corrected chi connectivity index (χ2v) is 22.8. The summed E-state index contributed by atoms with van der Waals surface area (Å²) in [5.41, 5.74) is 1.01. The Morgan fingerprint density at radius 3 is 1.29 bits per heavy atom. The number of carboxylic acid groups (broad SMARTS) is 1. The molecular formula is C36H77NO6Si2. The lowest BCUT2D eigenvalue weighted by atomic mass is 10.0. The lowest BCUT2D eigenvalue weighted by Gasteiger charge is -2.44. The molecule has 1 N–H and O–H groups in total. The van der Waals surface area contributed by atoms with Crippen molar-refractivity contribution < 1.29 is 27.6 Å². The molecule has 0 aliphatic heterocycles. The third-order valence-corrected chi connectivity index (χ3v) is 18.9. The van der Waals surface area contributed by atoms with Crippen molar-refractivity contribution in [2.45, 2.75) is 186 Å². The molecule has 0 aromatic heterocycles. The summed E-state index contributed by atoms with van der Waals surface area (Å²) in [4.78, 5) is 14.9. The van der Waals surface area contributed by atoms with Crippen molar-refractivity contribution >= 4 is 23.1 Å². The van der Waals surface area contributed by atoms with Crippen LogP contribution < -0.4 is 0 Å². The largest absolute Gasteiger partial charge is 0.500 e. The summed E-state index contributed by atoms with van der Waals surface area (Å²) < 4.78 is 23.7. The molecule has 0 rings (SSSR count). The first-order chi connectivity index (χ1) is 21.5. The van der Waals surface area contributed by atoms with Crippen LogP contribution in [0.15, 0.2) is 0 Å². The Morgan fingerprint density at radius 2 is 0.956 bits per heavy atom. The maximum Gasteiger partial charge on any atom is 0.500 e. The fourth-order valence-corrected chi connectivity index (χ4v) is 14.5. The van der Waals surface area contributed by atoms with Gasteiger partial charge in [0.05, 0.1) is 0 Å². The number of hydrogen-bond acceptors (Lipinski definition) is 6. The van der Waals surface area contributed by atoms with Crippen molar-refractivity contribution in [2.24, 2.45) is 0 Å². The molecule has 0 saturated heterocycles. The zero-order valence-electron chi connectivity index (χ0n) is 31.6. The van der Waals surface area contributed by atoms with E-state index in [-0.39, 0.29) is 0 Å². The zero-order valence-corrected chi connectivity index (χ0v) is 33.6. The van der Waals surface area contributed by atoms with Gasteiger partial charge in [-0.3, -0.25) is 0 Å². The van der Waals surface area contributed by atoms with Crippen molar-refractivity contribution in [1.29, 1.82) is 0 Å². The lowest BCUT2D eigenvalue weighted by Crippen LogP contribution is -2.54. The van der Waals surface area contributed by atoms with E-state index in [2.05, 4.69) is 53.4 Å². The molecule has 0 heterocycles. The highest BCUT2D eigenvalue weighted by Gasteiger charge is 2.48. The van der Waals surface area contributed by atoms with Gasteiger partial charge in [-0.1, -0.05) is 145 Å². The molecule has 9 heteroatoms. The van der Waals surface area contributed by atoms with E-state index >= 15 is 0 Å². The molecule has 0 aliphatic carbocycles. The minimum Gasteiger partial charge on any atom is -0.479 e. The minimum atomic E-state index is -2.67. The molecule has 0 aromatic carbocycles. The first-order valence-corrected chi connectivity index (χ1v) is 22.8. The second kappa shape index (κ2) is 26.6. The molecule has 0 aliphatic rings. The van der Waals surface area contributed by atoms with Gasteiger partial charge in [0, 0.05) is 33.9 Å². The summed E-state index contributed by atoms with van der Waals surface area (Å²) in [6, 6.07) is 0.702. The van der Waals surface area contributed by atoms with Gasteiger partial charge in [0.2, 0.25) is 8.32 Å². The Balaban J connectivity index is 4.88. The van der Waals surface area contributed by atoms with E-state index in [1.54, 1.807) is 21.3 Å². The smallest absolute Gasteiger partial charge is 0.479 e. The van der Waals surface area contributed by atoms with E-state index in [9.17, 15) is 9.90 Å². The van der Waals surface area contributed by atoms with Crippen LogP contribution in [-0.2, 0) is 22.5 Å². The van der Waals surface area contributed by atoms with Crippen molar-refractivity contribution in [2.75, 3.05) is 41.0 Å². The molecule has 0 fully saturated rings. The Kier molecular flexibility index (Phi) is 26.5. The van der Waals surface area contributed by atoms with Gasteiger partial charge >= 0.3 is 14.8 Å². The molecule has 270 valence electrons. The molecule has 7 nitrogen and oxygen atoms in total. The highest BCUT2D eigenvalue weighted by Crippen LogP contribution is 2.43. The van der Waals surface area contributed by atoms with Gasteiger partial charge in [-0.15, -0.1) is 0 Å². The van der Waals surface area contributed by atoms with Crippen LogP contribution in [0.2, 0.25) is 22.7 Å². The molecule has 0 amide bonds. The summed E-state index contributed by atoms with van der Waals surface area (Å²) >= 11 is 0. The molecule has 1 atom stereocenters. The number of carboxylic acids is 1. The van der Waals surface area contributed by atoms with Gasteiger partial charge in [-0.05, 0) is 42.6 Å². The number of rotatable bonds is 32. The SMILES string of the molecule is CCCCCCCCCCCCCCCCCCN(CCC[Si](OC)(OC)OC)CC(O[Si](C(C)C)(C(C)C)C(C)C)C(=O)O. The molecule has 0 spiro atoms.